The van der Waals surface area contributed by atoms with Crippen LogP contribution < -0.4 is 0 Å². The molecule has 0 aromatic carbocycles. The van der Waals surface area contributed by atoms with Crippen molar-refractivity contribution >= 4 is 7.60 Å². The third kappa shape index (κ3) is 8.35. The molecule has 0 heterocycles. The number of aliphatic hydroxyl groups is 2. The smallest absolute Gasteiger partial charge is 0.332 e. The summed E-state index contributed by atoms with van der Waals surface area (Å²) in [5.74, 6) is 0. The van der Waals surface area contributed by atoms with E-state index in [-0.39, 0.29) is 12.2 Å². The van der Waals surface area contributed by atoms with Gasteiger partial charge in [-0.1, -0.05) is 0 Å². The standard InChI is InChI=1S/C13H30NO5P/c1-6-18-20(17,19-7-2)10-11(3)14(8-12(4)15)9-13(5)16/h11-13,15-16H,6-10H2,1-5H3. The molecule has 3 unspecified atom stereocenters. The summed E-state index contributed by atoms with van der Waals surface area (Å²) in [6, 6.07) is -0.122. The van der Waals surface area contributed by atoms with Gasteiger partial charge in [0.15, 0.2) is 0 Å². The van der Waals surface area contributed by atoms with Crippen LogP contribution in [0.5, 0.6) is 0 Å². The second kappa shape index (κ2) is 9.87. The van der Waals surface area contributed by atoms with Crippen LogP contribution in [0.15, 0.2) is 0 Å². The van der Waals surface area contributed by atoms with E-state index in [1.807, 2.05) is 11.8 Å². The van der Waals surface area contributed by atoms with E-state index in [9.17, 15) is 14.8 Å². The van der Waals surface area contributed by atoms with Crippen LogP contribution in [-0.4, -0.2) is 65.8 Å². The lowest BCUT2D eigenvalue weighted by Crippen LogP contribution is -2.43. The quantitative estimate of drug-likeness (QED) is 0.566. The highest BCUT2D eigenvalue weighted by Gasteiger charge is 2.30. The van der Waals surface area contributed by atoms with Gasteiger partial charge in [0.05, 0.1) is 31.6 Å². The van der Waals surface area contributed by atoms with Gasteiger partial charge in [-0.15, -0.1) is 0 Å². The van der Waals surface area contributed by atoms with Gasteiger partial charge in [0.1, 0.15) is 0 Å². The Hall–Kier alpha value is 0.0300. The van der Waals surface area contributed by atoms with Crippen LogP contribution >= 0.6 is 7.60 Å². The number of nitrogens with zero attached hydrogens (tertiary/aromatic N) is 1. The number of aliphatic hydroxyl groups excluding tert-OH is 2. The van der Waals surface area contributed by atoms with Gasteiger partial charge in [0, 0.05) is 19.1 Å². The van der Waals surface area contributed by atoms with Crippen molar-refractivity contribution in [2.24, 2.45) is 0 Å². The number of hydrogen-bond donors (Lipinski definition) is 2. The molecule has 0 aromatic heterocycles. The maximum atomic E-state index is 12.5. The monoisotopic (exact) mass is 311 g/mol. The van der Waals surface area contributed by atoms with Crippen molar-refractivity contribution in [3.8, 4) is 0 Å². The largest absolute Gasteiger partial charge is 0.392 e. The van der Waals surface area contributed by atoms with Crippen molar-refractivity contribution in [1.82, 2.24) is 4.90 Å². The van der Waals surface area contributed by atoms with Crippen LogP contribution in [0, 0.1) is 0 Å². The molecule has 0 amide bonds. The second-order valence-corrected chi connectivity index (χ2v) is 7.23. The molecule has 0 bridgehead atoms. The van der Waals surface area contributed by atoms with E-state index < -0.39 is 19.8 Å². The molecule has 0 aliphatic heterocycles. The highest BCUT2D eigenvalue weighted by molar-refractivity contribution is 7.53. The highest BCUT2D eigenvalue weighted by atomic mass is 31.2. The molecule has 20 heavy (non-hydrogen) atoms. The molecular weight excluding hydrogens is 281 g/mol. The minimum absolute atomic E-state index is 0.122. The minimum atomic E-state index is -3.12. The first kappa shape index (κ1) is 20.0. The molecule has 7 heteroatoms. The Morgan fingerprint density at radius 2 is 1.40 bits per heavy atom. The summed E-state index contributed by atoms with van der Waals surface area (Å²) in [6.07, 6.45) is -0.793. The van der Waals surface area contributed by atoms with Crippen LogP contribution in [0.1, 0.15) is 34.6 Å². The summed E-state index contributed by atoms with van der Waals surface area (Å²) in [6.45, 7) is 10.3. The first-order chi connectivity index (χ1) is 9.24. The van der Waals surface area contributed by atoms with Gasteiger partial charge >= 0.3 is 7.60 Å². The lowest BCUT2D eigenvalue weighted by atomic mass is 10.2. The van der Waals surface area contributed by atoms with E-state index in [4.69, 9.17) is 9.05 Å². The molecule has 0 spiro atoms. The Labute approximate surface area is 122 Å². The SMILES string of the molecule is CCOP(=O)(CC(C)N(CC(C)O)CC(C)O)OCC. The molecule has 0 radical (unpaired) electrons. The summed E-state index contributed by atoms with van der Waals surface area (Å²) >= 11 is 0. The van der Waals surface area contributed by atoms with Gasteiger partial charge in [-0.05, 0) is 34.6 Å². The van der Waals surface area contributed by atoms with Crippen molar-refractivity contribution in [2.45, 2.75) is 52.9 Å². The summed E-state index contributed by atoms with van der Waals surface area (Å²) in [5, 5.41) is 19.1. The fourth-order valence-corrected chi connectivity index (χ4v) is 4.04. The zero-order valence-electron chi connectivity index (χ0n) is 13.3. The fourth-order valence-electron chi connectivity index (χ4n) is 2.09. The van der Waals surface area contributed by atoms with E-state index in [2.05, 4.69) is 0 Å². The molecule has 0 aliphatic rings. The van der Waals surface area contributed by atoms with Crippen molar-refractivity contribution in [2.75, 3.05) is 32.5 Å². The zero-order chi connectivity index (χ0) is 15.8. The van der Waals surface area contributed by atoms with E-state index in [1.54, 1.807) is 27.7 Å². The van der Waals surface area contributed by atoms with Crippen molar-refractivity contribution in [3.05, 3.63) is 0 Å². The molecule has 6 nitrogen and oxygen atoms in total. The second-order valence-electron chi connectivity index (χ2n) is 5.13. The van der Waals surface area contributed by atoms with Crippen LogP contribution in [-0.2, 0) is 13.6 Å². The highest BCUT2D eigenvalue weighted by Crippen LogP contribution is 2.49. The molecule has 0 saturated carbocycles. The Morgan fingerprint density at radius 3 is 1.70 bits per heavy atom. The molecule has 122 valence electrons. The van der Waals surface area contributed by atoms with Crippen LogP contribution in [0.4, 0.5) is 0 Å². The fraction of sp³-hybridized carbons (Fsp3) is 1.00. The lowest BCUT2D eigenvalue weighted by molar-refractivity contribution is 0.0644. The van der Waals surface area contributed by atoms with Gasteiger partial charge in [0.2, 0.25) is 0 Å². The van der Waals surface area contributed by atoms with Gasteiger partial charge in [-0.2, -0.15) is 0 Å². The zero-order valence-corrected chi connectivity index (χ0v) is 14.2. The summed E-state index contributed by atoms with van der Waals surface area (Å²) in [7, 11) is -3.12. The van der Waals surface area contributed by atoms with Crippen LogP contribution in [0.25, 0.3) is 0 Å². The van der Waals surface area contributed by atoms with Gasteiger partial charge in [0.25, 0.3) is 0 Å². The molecule has 2 N–H and O–H groups in total. The molecule has 0 rings (SSSR count). The molecular formula is C13H30NO5P. The molecule has 0 aliphatic carbocycles. The summed E-state index contributed by atoms with van der Waals surface area (Å²) < 4.78 is 23.1. The van der Waals surface area contributed by atoms with Crippen molar-refractivity contribution in [1.29, 1.82) is 0 Å². The third-order valence-corrected chi connectivity index (χ3v) is 5.04. The Morgan fingerprint density at radius 1 is 1.00 bits per heavy atom. The lowest BCUT2D eigenvalue weighted by Gasteiger charge is -2.32. The average molecular weight is 311 g/mol. The van der Waals surface area contributed by atoms with Gasteiger partial charge < -0.3 is 19.3 Å². The number of rotatable bonds is 11. The predicted octanol–water partition coefficient (Wildman–Crippen LogP) is 1.70. The maximum absolute atomic E-state index is 12.5. The van der Waals surface area contributed by atoms with E-state index in [0.29, 0.717) is 26.3 Å². The molecule has 0 fully saturated rings. The Bertz CT molecular complexity index is 278. The average Bonchev–Trinajstić information content (AvgIpc) is 2.26. The van der Waals surface area contributed by atoms with E-state index in [0.717, 1.165) is 0 Å². The Balaban J connectivity index is 4.76. The summed E-state index contributed by atoms with van der Waals surface area (Å²) in [4.78, 5) is 1.90. The van der Waals surface area contributed by atoms with E-state index in [1.165, 1.54) is 0 Å². The third-order valence-electron chi connectivity index (χ3n) is 2.76. The summed E-state index contributed by atoms with van der Waals surface area (Å²) in [5.41, 5.74) is 0. The van der Waals surface area contributed by atoms with Crippen LogP contribution in [0.2, 0.25) is 0 Å². The molecule has 0 saturated heterocycles. The van der Waals surface area contributed by atoms with Gasteiger partial charge in [-0.25, -0.2) is 0 Å². The maximum Gasteiger partial charge on any atom is 0.332 e. The van der Waals surface area contributed by atoms with Crippen LogP contribution in [0.3, 0.4) is 0 Å². The first-order valence-electron chi connectivity index (χ1n) is 7.22. The van der Waals surface area contributed by atoms with E-state index >= 15 is 0 Å². The predicted molar refractivity (Wildman–Crippen MR) is 80.1 cm³/mol. The Kier molecular flexibility index (Phi) is 9.89. The number of hydrogen-bond acceptors (Lipinski definition) is 6. The molecule has 0 aromatic rings. The normalized spacial score (nSPS) is 17.2. The first-order valence-corrected chi connectivity index (χ1v) is 8.95. The minimum Gasteiger partial charge on any atom is -0.392 e. The molecule has 3 atom stereocenters. The van der Waals surface area contributed by atoms with Crippen molar-refractivity contribution < 1.29 is 23.8 Å². The van der Waals surface area contributed by atoms with Crippen molar-refractivity contribution in [3.63, 3.8) is 0 Å². The topological polar surface area (TPSA) is 79.2 Å². The van der Waals surface area contributed by atoms with Gasteiger partial charge in [-0.3, -0.25) is 9.46 Å².